The number of nitrogens with zero attached hydrogens (tertiary/aromatic N) is 2. The lowest BCUT2D eigenvalue weighted by Gasteiger charge is -2.04. The van der Waals surface area contributed by atoms with Crippen molar-refractivity contribution in [1.29, 1.82) is 0 Å². The quantitative estimate of drug-likeness (QED) is 0.758. The molecular weight excluding hydrogens is 348 g/mol. The van der Waals surface area contributed by atoms with Gasteiger partial charge in [-0.3, -0.25) is 9.59 Å². The van der Waals surface area contributed by atoms with Crippen LogP contribution in [0.2, 0.25) is 5.02 Å². The van der Waals surface area contributed by atoms with Gasteiger partial charge in [-0.2, -0.15) is 0 Å². The highest BCUT2D eigenvalue weighted by molar-refractivity contribution is 7.11. The van der Waals surface area contributed by atoms with Crippen LogP contribution in [0.1, 0.15) is 4.88 Å². The van der Waals surface area contributed by atoms with Gasteiger partial charge >= 0.3 is 4.87 Å². The Morgan fingerprint density at radius 3 is 2.50 bits per heavy atom. The van der Waals surface area contributed by atoms with E-state index in [1.54, 1.807) is 48.5 Å². The van der Waals surface area contributed by atoms with Crippen LogP contribution in [-0.4, -0.2) is 15.6 Å². The Labute approximate surface area is 144 Å². The summed E-state index contributed by atoms with van der Waals surface area (Å²) in [4.78, 5) is 28.4. The van der Waals surface area contributed by atoms with Crippen molar-refractivity contribution < 1.29 is 9.90 Å². The van der Waals surface area contributed by atoms with Crippen LogP contribution in [0.5, 0.6) is 5.88 Å². The van der Waals surface area contributed by atoms with Gasteiger partial charge in [0.2, 0.25) is 5.88 Å². The maximum atomic E-state index is 12.4. The maximum Gasteiger partial charge on any atom is 0.315 e. The van der Waals surface area contributed by atoms with Crippen molar-refractivity contribution in [1.82, 2.24) is 4.57 Å². The molecule has 5 nitrogen and oxygen atoms in total. The van der Waals surface area contributed by atoms with E-state index in [4.69, 9.17) is 11.6 Å². The van der Waals surface area contributed by atoms with Gasteiger partial charge in [-0.05, 0) is 30.3 Å². The van der Waals surface area contributed by atoms with Crippen molar-refractivity contribution in [3.63, 3.8) is 0 Å². The minimum absolute atomic E-state index is 0.216. The van der Waals surface area contributed by atoms with Crippen molar-refractivity contribution in [3.8, 4) is 11.6 Å². The van der Waals surface area contributed by atoms with Gasteiger partial charge < -0.3 is 5.11 Å². The van der Waals surface area contributed by atoms with Crippen molar-refractivity contribution in [2.45, 2.75) is 0 Å². The first kappa shape index (κ1) is 14.9. The molecule has 0 spiro atoms. The Kier molecular flexibility index (Phi) is 3.37. The molecule has 0 radical (unpaired) electrons. The fourth-order valence-electron chi connectivity index (χ4n) is 2.63. The molecule has 24 heavy (non-hydrogen) atoms. The number of rotatable bonds is 2. The Morgan fingerprint density at radius 1 is 1.04 bits per heavy atom. The van der Waals surface area contributed by atoms with Gasteiger partial charge in [0.25, 0.3) is 5.91 Å². The van der Waals surface area contributed by atoms with E-state index < -0.39 is 10.8 Å². The highest BCUT2D eigenvalue weighted by Crippen LogP contribution is 2.30. The van der Waals surface area contributed by atoms with Gasteiger partial charge in [0.1, 0.15) is 4.88 Å². The summed E-state index contributed by atoms with van der Waals surface area (Å²) in [7, 11) is 0. The Bertz CT molecular complexity index is 1160. The number of hydrogen-bond acceptors (Lipinski definition) is 4. The van der Waals surface area contributed by atoms with Crippen molar-refractivity contribution >= 4 is 34.4 Å². The van der Waals surface area contributed by atoms with E-state index in [0.29, 0.717) is 21.3 Å². The number of carbonyl (C=O) groups excluding carboxylic acids is 1. The van der Waals surface area contributed by atoms with Gasteiger partial charge in [-0.1, -0.05) is 41.1 Å². The third-order valence-corrected chi connectivity index (χ3v) is 4.91. The highest BCUT2D eigenvalue weighted by atomic mass is 35.5. The molecule has 0 saturated heterocycles. The minimum Gasteiger partial charge on any atom is -0.493 e. The SMILES string of the molecule is O=C1N=c2ccccc2=C1c1sc(=O)n(-c2ccc(Cl)cc2)c1O. The molecule has 0 atom stereocenters. The van der Waals surface area contributed by atoms with Gasteiger partial charge in [-0.15, -0.1) is 0 Å². The number of benzene rings is 2. The van der Waals surface area contributed by atoms with Gasteiger partial charge in [0.05, 0.1) is 16.6 Å². The molecule has 0 bridgehead atoms. The van der Waals surface area contributed by atoms with E-state index in [-0.39, 0.29) is 16.3 Å². The summed E-state index contributed by atoms with van der Waals surface area (Å²) in [5, 5.41) is 12.2. The average Bonchev–Trinajstić information content (AvgIpc) is 3.04. The largest absolute Gasteiger partial charge is 0.493 e. The fraction of sp³-hybridized carbons (Fsp3) is 0. The number of thiazole rings is 1. The summed E-state index contributed by atoms with van der Waals surface area (Å²) in [6.07, 6.45) is 0. The molecule has 0 unspecified atom stereocenters. The molecule has 2 heterocycles. The van der Waals surface area contributed by atoms with E-state index in [0.717, 1.165) is 15.9 Å². The number of para-hydroxylation sites is 1. The first-order valence-electron chi connectivity index (χ1n) is 7.00. The smallest absolute Gasteiger partial charge is 0.315 e. The van der Waals surface area contributed by atoms with Crippen LogP contribution >= 0.6 is 22.9 Å². The molecule has 1 N–H and O–H groups in total. The molecule has 7 heteroatoms. The molecule has 118 valence electrons. The molecular formula is C17H9ClN2O3S. The van der Waals surface area contributed by atoms with Crippen LogP contribution in [0.4, 0.5) is 0 Å². The van der Waals surface area contributed by atoms with Crippen molar-refractivity contribution in [2.75, 3.05) is 0 Å². The Balaban J connectivity index is 1.99. The predicted molar refractivity (Wildman–Crippen MR) is 91.3 cm³/mol. The van der Waals surface area contributed by atoms with Crippen LogP contribution in [0.3, 0.4) is 0 Å². The highest BCUT2D eigenvalue weighted by Gasteiger charge is 2.26. The molecule has 1 amide bonds. The Morgan fingerprint density at radius 2 is 1.75 bits per heavy atom. The molecule has 2 aromatic carbocycles. The molecule has 4 rings (SSSR count). The molecule has 1 aliphatic heterocycles. The topological polar surface area (TPSA) is 71.7 Å². The minimum atomic E-state index is -0.462. The summed E-state index contributed by atoms with van der Waals surface area (Å²) >= 11 is 6.67. The van der Waals surface area contributed by atoms with Crippen LogP contribution < -0.4 is 15.4 Å². The summed E-state index contributed by atoms with van der Waals surface area (Å²) in [6, 6.07) is 13.5. The van der Waals surface area contributed by atoms with E-state index in [1.165, 1.54) is 0 Å². The lowest BCUT2D eigenvalue weighted by atomic mass is 10.1. The van der Waals surface area contributed by atoms with Crippen LogP contribution in [0.25, 0.3) is 11.3 Å². The standard InChI is InChI=1S/C17H9ClN2O3S/c18-9-5-7-10(8-6-9)20-16(22)14(24-17(20)23)13-11-3-1-2-4-12(11)19-15(13)21/h1-8,22H. The summed E-state index contributed by atoms with van der Waals surface area (Å²) in [5.74, 6) is -0.737. The van der Waals surface area contributed by atoms with Gasteiger partial charge in [0.15, 0.2) is 0 Å². The predicted octanol–water partition coefficient (Wildman–Crippen LogP) is 1.62. The second-order valence-electron chi connectivity index (χ2n) is 5.14. The number of aromatic nitrogens is 1. The Hall–Kier alpha value is -2.70. The zero-order valence-corrected chi connectivity index (χ0v) is 13.6. The van der Waals surface area contributed by atoms with E-state index in [1.807, 2.05) is 0 Å². The molecule has 0 saturated carbocycles. The molecule has 0 aliphatic carbocycles. The normalized spacial score (nSPS) is 13.0. The zero-order chi connectivity index (χ0) is 16.8. The van der Waals surface area contributed by atoms with Crippen LogP contribution in [-0.2, 0) is 4.79 Å². The number of amides is 1. The third-order valence-electron chi connectivity index (χ3n) is 3.71. The lowest BCUT2D eigenvalue weighted by molar-refractivity contribution is -0.112. The monoisotopic (exact) mass is 356 g/mol. The molecule has 0 fully saturated rings. The second kappa shape index (κ2) is 5.43. The van der Waals surface area contributed by atoms with E-state index in [2.05, 4.69) is 4.99 Å². The number of fused-ring (bicyclic) bond motifs is 1. The number of hydrogen-bond donors (Lipinski definition) is 1. The van der Waals surface area contributed by atoms with Crippen LogP contribution in [0, 0.1) is 0 Å². The zero-order valence-electron chi connectivity index (χ0n) is 12.1. The number of carbonyl (C=O) groups is 1. The van der Waals surface area contributed by atoms with E-state index >= 15 is 0 Å². The number of aromatic hydroxyl groups is 1. The van der Waals surface area contributed by atoms with Crippen molar-refractivity contribution in [3.05, 3.63) is 78.7 Å². The van der Waals surface area contributed by atoms with Gasteiger partial charge in [-0.25, -0.2) is 9.56 Å². The summed E-state index contributed by atoms with van der Waals surface area (Å²) < 4.78 is 1.15. The van der Waals surface area contributed by atoms with Gasteiger partial charge in [0, 0.05) is 10.2 Å². The van der Waals surface area contributed by atoms with Crippen molar-refractivity contribution in [2.24, 2.45) is 4.99 Å². The number of halogens is 1. The molecule has 1 aliphatic rings. The maximum absolute atomic E-state index is 12.4. The summed E-state index contributed by atoms with van der Waals surface area (Å²) in [6.45, 7) is 0. The first-order valence-corrected chi connectivity index (χ1v) is 8.19. The first-order chi connectivity index (χ1) is 11.6. The molecule has 3 aromatic rings. The third kappa shape index (κ3) is 2.19. The van der Waals surface area contributed by atoms with Crippen LogP contribution in [0.15, 0.2) is 58.3 Å². The second-order valence-corrected chi connectivity index (χ2v) is 6.54. The fourth-order valence-corrected chi connectivity index (χ4v) is 3.70. The van der Waals surface area contributed by atoms with E-state index in [9.17, 15) is 14.7 Å². The molecule has 1 aromatic heterocycles. The average molecular weight is 357 g/mol. The summed E-state index contributed by atoms with van der Waals surface area (Å²) in [5.41, 5.74) is 0.721. The lowest BCUT2D eigenvalue weighted by Crippen LogP contribution is -2.22.